The summed E-state index contributed by atoms with van der Waals surface area (Å²) < 4.78 is 66.6. The van der Waals surface area contributed by atoms with Gasteiger partial charge in [-0.15, -0.1) is 5.10 Å². The van der Waals surface area contributed by atoms with Crippen LogP contribution in [-0.4, -0.2) is 21.5 Å². The summed E-state index contributed by atoms with van der Waals surface area (Å²) in [6.07, 6.45) is 1.08. The Balaban J connectivity index is 2.50. The van der Waals surface area contributed by atoms with E-state index >= 15 is 0 Å². The molecule has 0 saturated carbocycles. The highest BCUT2D eigenvalue weighted by Crippen LogP contribution is 2.25. The summed E-state index contributed by atoms with van der Waals surface area (Å²) in [5.41, 5.74) is -0.854. The molecule has 1 aromatic carbocycles. The predicted octanol–water partition coefficient (Wildman–Crippen LogP) is 2.07. The van der Waals surface area contributed by atoms with Gasteiger partial charge in [0, 0.05) is 6.54 Å². The molecule has 0 aliphatic rings. The molecular weight excluding hydrogens is 283 g/mol. The topological polar surface area (TPSA) is 42.7 Å². The molecule has 0 aliphatic heterocycles. The molecule has 2 rings (SSSR count). The Hall–Kier alpha value is -2.03. The normalized spacial score (nSPS) is 11.1. The van der Waals surface area contributed by atoms with Crippen molar-refractivity contribution in [2.24, 2.45) is 0 Å². The van der Waals surface area contributed by atoms with Crippen molar-refractivity contribution in [1.82, 2.24) is 20.3 Å². The third-order valence-electron chi connectivity index (χ3n) is 2.51. The Morgan fingerprint density at radius 3 is 2.10 bits per heavy atom. The quantitative estimate of drug-likeness (QED) is 0.533. The number of hydrogen-bond donors (Lipinski definition) is 1. The molecule has 2 aromatic rings. The second kappa shape index (κ2) is 5.53. The predicted molar refractivity (Wildman–Crippen MR) is 58.5 cm³/mol. The number of nitrogens with zero attached hydrogens (tertiary/aromatic N) is 3. The number of hydrogen-bond acceptors (Lipinski definition) is 3. The van der Waals surface area contributed by atoms with Crippen LogP contribution in [0, 0.1) is 29.1 Å². The van der Waals surface area contributed by atoms with Crippen LogP contribution in [-0.2, 0) is 6.54 Å². The van der Waals surface area contributed by atoms with Crippen LogP contribution >= 0.6 is 0 Å². The third kappa shape index (κ3) is 2.36. The van der Waals surface area contributed by atoms with Crippen molar-refractivity contribution in [2.75, 3.05) is 6.54 Å². The maximum Gasteiger partial charge on any atom is 0.200 e. The molecule has 20 heavy (non-hydrogen) atoms. The first-order chi connectivity index (χ1) is 9.47. The van der Waals surface area contributed by atoms with E-state index in [2.05, 4.69) is 15.6 Å². The van der Waals surface area contributed by atoms with Crippen molar-refractivity contribution in [3.05, 3.63) is 41.0 Å². The largest absolute Gasteiger partial charge is 0.311 e. The van der Waals surface area contributed by atoms with Gasteiger partial charge in [0.1, 0.15) is 5.69 Å². The van der Waals surface area contributed by atoms with Gasteiger partial charge in [0.25, 0.3) is 0 Å². The van der Waals surface area contributed by atoms with Crippen molar-refractivity contribution < 1.29 is 22.0 Å². The van der Waals surface area contributed by atoms with Crippen LogP contribution in [0.15, 0.2) is 6.20 Å². The molecule has 9 heteroatoms. The molecule has 1 heterocycles. The van der Waals surface area contributed by atoms with Crippen molar-refractivity contribution in [3.63, 3.8) is 0 Å². The van der Waals surface area contributed by atoms with Gasteiger partial charge in [-0.2, -0.15) is 0 Å². The molecule has 0 bridgehead atoms. The lowest BCUT2D eigenvalue weighted by molar-refractivity contribution is 0.373. The molecule has 0 spiro atoms. The summed E-state index contributed by atoms with van der Waals surface area (Å²) in [5.74, 6) is -10.2. The van der Waals surface area contributed by atoms with Crippen LogP contribution in [0.1, 0.15) is 12.6 Å². The fourth-order valence-electron chi connectivity index (χ4n) is 1.54. The summed E-state index contributed by atoms with van der Waals surface area (Å²) in [4.78, 5) is 0. The van der Waals surface area contributed by atoms with Crippen LogP contribution in [0.25, 0.3) is 5.69 Å². The van der Waals surface area contributed by atoms with Crippen LogP contribution in [0.4, 0.5) is 22.0 Å². The number of aromatic nitrogens is 3. The average Bonchev–Trinajstić information content (AvgIpc) is 2.89. The number of nitrogens with one attached hydrogen (secondary N) is 1. The minimum Gasteiger partial charge on any atom is -0.311 e. The van der Waals surface area contributed by atoms with E-state index in [0.29, 0.717) is 16.9 Å². The van der Waals surface area contributed by atoms with E-state index in [4.69, 9.17) is 0 Å². The van der Waals surface area contributed by atoms with Gasteiger partial charge in [-0.05, 0) is 6.54 Å². The van der Waals surface area contributed by atoms with Gasteiger partial charge < -0.3 is 5.32 Å². The Morgan fingerprint density at radius 1 is 1.00 bits per heavy atom. The van der Waals surface area contributed by atoms with E-state index in [-0.39, 0.29) is 6.54 Å². The smallest absolute Gasteiger partial charge is 0.200 e. The molecule has 0 unspecified atom stereocenters. The van der Waals surface area contributed by atoms with Crippen molar-refractivity contribution in [3.8, 4) is 5.69 Å². The third-order valence-corrected chi connectivity index (χ3v) is 2.51. The maximum absolute atomic E-state index is 13.5. The molecule has 0 aliphatic carbocycles. The SMILES string of the molecule is CCNCc1cn(-c2c(F)c(F)c(F)c(F)c2F)nn1. The second-order valence-corrected chi connectivity index (χ2v) is 3.85. The molecule has 0 radical (unpaired) electrons. The van der Waals surface area contributed by atoms with Gasteiger partial charge in [0.05, 0.1) is 11.9 Å². The van der Waals surface area contributed by atoms with Gasteiger partial charge >= 0.3 is 0 Å². The molecule has 0 atom stereocenters. The van der Waals surface area contributed by atoms with E-state index in [1.54, 1.807) is 0 Å². The number of benzene rings is 1. The molecule has 1 aromatic heterocycles. The highest BCUT2D eigenvalue weighted by Gasteiger charge is 2.27. The highest BCUT2D eigenvalue weighted by molar-refractivity contribution is 5.36. The summed E-state index contributed by atoms with van der Waals surface area (Å²) in [5, 5.41) is 9.82. The molecular formula is C11H9F5N4. The van der Waals surface area contributed by atoms with Crippen LogP contribution in [0.3, 0.4) is 0 Å². The van der Waals surface area contributed by atoms with Crippen molar-refractivity contribution in [1.29, 1.82) is 0 Å². The van der Waals surface area contributed by atoms with E-state index in [0.717, 1.165) is 6.20 Å². The first kappa shape index (κ1) is 14.4. The fourth-order valence-corrected chi connectivity index (χ4v) is 1.54. The molecule has 4 nitrogen and oxygen atoms in total. The minimum atomic E-state index is -2.21. The van der Waals surface area contributed by atoms with Crippen LogP contribution in [0.2, 0.25) is 0 Å². The summed E-state index contributed by atoms with van der Waals surface area (Å²) in [7, 11) is 0. The van der Waals surface area contributed by atoms with E-state index in [1.165, 1.54) is 0 Å². The van der Waals surface area contributed by atoms with Gasteiger partial charge in [-0.25, -0.2) is 26.6 Å². The monoisotopic (exact) mass is 292 g/mol. The summed E-state index contributed by atoms with van der Waals surface area (Å²) in [6.45, 7) is 2.70. The second-order valence-electron chi connectivity index (χ2n) is 3.85. The lowest BCUT2D eigenvalue weighted by Gasteiger charge is -2.06. The molecule has 108 valence electrons. The molecule has 0 fully saturated rings. The summed E-state index contributed by atoms with van der Waals surface area (Å²) in [6, 6.07) is 0. The number of rotatable bonds is 4. The van der Waals surface area contributed by atoms with Crippen LogP contribution < -0.4 is 5.32 Å². The number of halogens is 5. The maximum atomic E-state index is 13.5. The highest BCUT2D eigenvalue weighted by atomic mass is 19.2. The lowest BCUT2D eigenvalue weighted by atomic mass is 10.2. The zero-order chi connectivity index (χ0) is 14.9. The van der Waals surface area contributed by atoms with E-state index in [9.17, 15) is 22.0 Å². The first-order valence-corrected chi connectivity index (χ1v) is 5.61. The average molecular weight is 292 g/mol. The minimum absolute atomic E-state index is 0.256. The summed E-state index contributed by atoms with van der Waals surface area (Å²) >= 11 is 0. The Bertz CT molecular complexity index is 611. The first-order valence-electron chi connectivity index (χ1n) is 5.61. The van der Waals surface area contributed by atoms with Crippen molar-refractivity contribution in [2.45, 2.75) is 13.5 Å². The Labute approximate surface area is 110 Å². The van der Waals surface area contributed by atoms with Crippen molar-refractivity contribution >= 4 is 0 Å². The van der Waals surface area contributed by atoms with Crippen LogP contribution in [0.5, 0.6) is 0 Å². The fraction of sp³-hybridized carbons (Fsp3) is 0.273. The van der Waals surface area contributed by atoms with Gasteiger partial charge in [0.2, 0.25) is 5.82 Å². The van der Waals surface area contributed by atoms with Gasteiger partial charge in [-0.3, -0.25) is 0 Å². The zero-order valence-corrected chi connectivity index (χ0v) is 10.2. The Kier molecular flexibility index (Phi) is 3.98. The van der Waals surface area contributed by atoms with Gasteiger partial charge in [-0.1, -0.05) is 12.1 Å². The Morgan fingerprint density at radius 2 is 1.55 bits per heavy atom. The lowest BCUT2D eigenvalue weighted by Crippen LogP contribution is -2.12. The molecule has 0 saturated heterocycles. The standard InChI is InChI=1S/C11H9F5N4/c1-2-17-3-5-4-20(19-18-5)11-9(15)7(13)6(12)8(14)10(11)16/h4,17H,2-3H2,1H3. The van der Waals surface area contributed by atoms with E-state index in [1.807, 2.05) is 6.92 Å². The zero-order valence-electron chi connectivity index (χ0n) is 10.2. The molecule has 0 amide bonds. The molecule has 1 N–H and O–H groups in total. The van der Waals surface area contributed by atoms with Gasteiger partial charge in [0.15, 0.2) is 23.3 Å². The van der Waals surface area contributed by atoms with E-state index < -0.39 is 34.8 Å².